The van der Waals surface area contributed by atoms with E-state index in [1.807, 2.05) is 78.9 Å². The van der Waals surface area contributed by atoms with Gasteiger partial charge in [-0.2, -0.15) is 0 Å². The smallest absolute Gasteiger partial charge is 0.0618 e. The third kappa shape index (κ3) is 12.6. The van der Waals surface area contributed by atoms with Gasteiger partial charge in [0.15, 0.2) is 0 Å². The fourth-order valence-corrected chi connectivity index (χ4v) is 4.35. The van der Waals surface area contributed by atoms with Crippen molar-refractivity contribution in [2.45, 2.75) is 99.3 Å². The van der Waals surface area contributed by atoms with Gasteiger partial charge in [0.25, 0.3) is 0 Å². The zero-order chi connectivity index (χ0) is 30.5. The molecule has 0 unspecified atom stereocenters. The molecule has 0 amide bonds. The molecule has 0 atom stereocenters. The van der Waals surface area contributed by atoms with Gasteiger partial charge in [0.05, 0.1) is 5.71 Å². The zero-order valence-electron chi connectivity index (χ0n) is 26.6. The van der Waals surface area contributed by atoms with Crippen LogP contribution in [-0.2, 0) is 0 Å². The van der Waals surface area contributed by atoms with Crippen LogP contribution in [0.1, 0.15) is 122 Å². The maximum absolute atomic E-state index is 8.22. The largest absolute Gasteiger partial charge is 0.399 e. The summed E-state index contributed by atoms with van der Waals surface area (Å²) in [6.45, 7) is 13.3. The first-order chi connectivity index (χ1) is 19.9. The second-order valence-corrected chi connectivity index (χ2v) is 10.4. The molecule has 4 rings (SSSR count). The predicted molar refractivity (Wildman–Crippen MR) is 186 cm³/mol. The average Bonchev–Trinajstić information content (AvgIpc) is 2.99. The maximum atomic E-state index is 8.22. The molecule has 0 bridgehead atoms. The Hall–Kier alpha value is -3.59. The van der Waals surface area contributed by atoms with Gasteiger partial charge < -0.3 is 16.9 Å². The highest BCUT2D eigenvalue weighted by Crippen LogP contribution is 2.37. The van der Waals surface area contributed by atoms with Crippen molar-refractivity contribution in [1.82, 2.24) is 0 Å². The first-order valence-corrected chi connectivity index (χ1v) is 15.7. The Balaban J connectivity index is 0.000000465. The van der Waals surface area contributed by atoms with Crippen molar-refractivity contribution in [3.8, 4) is 0 Å². The van der Waals surface area contributed by atoms with Crippen LogP contribution in [0.2, 0.25) is 0 Å². The topological polar surface area (TPSA) is 75.9 Å². The van der Waals surface area contributed by atoms with Crippen LogP contribution in [0.5, 0.6) is 0 Å². The third-order valence-corrected chi connectivity index (χ3v) is 6.71. The van der Waals surface area contributed by atoms with Gasteiger partial charge in [0.2, 0.25) is 0 Å². The van der Waals surface area contributed by atoms with Crippen molar-refractivity contribution in [2.24, 2.45) is 0 Å². The third-order valence-electron chi connectivity index (χ3n) is 6.71. The van der Waals surface area contributed by atoms with E-state index in [4.69, 9.17) is 16.9 Å². The van der Waals surface area contributed by atoms with E-state index >= 15 is 0 Å². The lowest BCUT2D eigenvalue weighted by molar-refractivity contribution is 0.772. The molecule has 222 valence electrons. The second-order valence-electron chi connectivity index (χ2n) is 10.4. The molecule has 0 saturated heterocycles. The number of benzene rings is 3. The average molecular weight is 554 g/mol. The number of fused-ring (bicyclic) bond motifs is 1. The monoisotopic (exact) mass is 553 g/mol. The summed E-state index contributed by atoms with van der Waals surface area (Å²) in [5.41, 5.74) is 20.1. The first-order valence-electron chi connectivity index (χ1n) is 15.7. The standard InChI is InChI=1S/C23H19N3.3C5H12/c24-17-9-5-15(6-10-17)23(16-7-11-18(25)12-8-16)21-13-14-22(26)20-4-2-1-3-19(20)21;3*1-3-5-4-2/h1-14,26H,24-25H2;3*3-5H2,1-2H3. The normalized spacial score (nSPS) is 11.2. The molecule has 0 aromatic heterocycles. The zero-order valence-corrected chi connectivity index (χ0v) is 26.6. The Bertz CT molecular complexity index is 1120. The van der Waals surface area contributed by atoms with Gasteiger partial charge >= 0.3 is 0 Å². The molecule has 3 nitrogen and oxygen atoms in total. The molecule has 3 heteroatoms. The van der Waals surface area contributed by atoms with Crippen LogP contribution in [0.3, 0.4) is 0 Å². The van der Waals surface area contributed by atoms with E-state index in [-0.39, 0.29) is 0 Å². The summed E-state index contributed by atoms with van der Waals surface area (Å²) in [6, 6.07) is 23.8. The fraction of sp³-hybridized carbons (Fsp3) is 0.395. The number of hydrogen-bond donors (Lipinski definition) is 3. The lowest BCUT2D eigenvalue weighted by Crippen LogP contribution is -2.06. The van der Waals surface area contributed by atoms with Crippen molar-refractivity contribution in [2.75, 3.05) is 11.5 Å². The van der Waals surface area contributed by atoms with E-state index in [9.17, 15) is 0 Å². The van der Waals surface area contributed by atoms with Gasteiger partial charge in [-0.3, -0.25) is 0 Å². The highest BCUT2D eigenvalue weighted by Gasteiger charge is 2.19. The Morgan fingerprint density at radius 3 is 1.22 bits per heavy atom. The Morgan fingerprint density at radius 1 is 0.512 bits per heavy atom. The first kappa shape index (κ1) is 35.4. The number of anilines is 2. The van der Waals surface area contributed by atoms with E-state index in [2.05, 4.69) is 47.6 Å². The van der Waals surface area contributed by atoms with Crippen LogP contribution in [-0.4, -0.2) is 5.71 Å². The van der Waals surface area contributed by atoms with E-state index in [1.165, 1.54) is 57.8 Å². The summed E-state index contributed by atoms with van der Waals surface area (Å²) in [5.74, 6) is 0. The summed E-state index contributed by atoms with van der Waals surface area (Å²) >= 11 is 0. The van der Waals surface area contributed by atoms with E-state index in [0.29, 0.717) is 5.71 Å². The van der Waals surface area contributed by atoms with Crippen molar-refractivity contribution < 1.29 is 0 Å². The van der Waals surface area contributed by atoms with Crippen molar-refractivity contribution >= 4 is 28.2 Å². The van der Waals surface area contributed by atoms with Crippen LogP contribution >= 0.6 is 0 Å². The van der Waals surface area contributed by atoms with Crippen LogP contribution < -0.4 is 11.5 Å². The second kappa shape index (κ2) is 21.2. The Kier molecular flexibility index (Phi) is 18.3. The van der Waals surface area contributed by atoms with Crippen LogP contribution in [0.15, 0.2) is 84.9 Å². The summed E-state index contributed by atoms with van der Waals surface area (Å²) in [7, 11) is 0. The highest BCUT2D eigenvalue weighted by atomic mass is 14.5. The molecule has 5 N–H and O–H groups in total. The molecule has 0 spiro atoms. The number of hydrogen-bond acceptors (Lipinski definition) is 3. The van der Waals surface area contributed by atoms with Crippen molar-refractivity contribution in [1.29, 1.82) is 5.41 Å². The van der Waals surface area contributed by atoms with Crippen LogP contribution in [0.4, 0.5) is 11.4 Å². The van der Waals surface area contributed by atoms with Crippen LogP contribution in [0.25, 0.3) is 11.1 Å². The molecule has 0 aliphatic heterocycles. The number of allylic oxidation sites excluding steroid dienone is 3. The lowest BCUT2D eigenvalue weighted by Gasteiger charge is -2.20. The predicted octanol–water partition coefficient (Wildman–Crippen LogP) is 11.3. The Labute approximate surface area is 251 Å². The van der Waals surface area contributed by atoms with Gasteiger partial charge in [0.1, 0.15) is 0 Å². The van der Waals surface area contributed by atoms with Gasteiger partial charge in [-0.05, 0) is 58.2 Å². The number of nitrogens with two attached hydrogens (primary N) is 2. The molecule has 1 aliphatic rings. The van der Waals surface area contributed by atoms with Gasteiger partial charge in [-0.15, -0.1) is 0 Å². The summed E-state index contributed by atoms with van der Waals surface area (Å²) < 4.78 is 0. The summed E-state index contributed by atoms with van der Waals surface area (Å²) in [4.78, 5) is 0. The summed E-state index contributed by atoms with van der Waals surface area (Å²) in [6.07, 6.45) is 16.1. The molecule has 3 aromatic rings. The van der Waals surface area contributed by atoms with Gasteiger partial charge in [-0.25, -0.2) is 0 Å². The Morgan fingerprint density at radius 2 is 0.878 bits per heavy atom. The number of nitrogens with one attached hydrogen (secondary N) is 1. The SMILES string of the molecule is CCCCC.CCCCC.CCCCC.N=C1C=CC(=C(c2ccc(N)cc2)c2ccc(N)cc2)c2ccccc21. The lowest BCUT2D eigenvalue weighted by atomic mass is 9.84. The highest BCUT2D eigenvalue weighted by molar-refractivity contribution is 6.17. The molecule has 0 heterocycles. The van der Waals surface area contributed by atoms with Gasteiger partial charge in [-0.1, -0.05) is 154 Å². The molecule has 3 aromatic carbocycles. The molecule has 0 fully saturated rings. The van der Waals surface area contributed by atoms with E-state index < -0.39 is 0 Å². The minimum atomic E-state index is 0.526. The number of nitrogen functional groups attached to an aromatic ring is 2. The van der Waals surface area contributed by atoms with E-state index in [0.717, 1.165) is 44.8 Å². The molecular formula is C38H55N3. The van der Waals surface area contributed by atoms with Crippen LogP contribution in [0, 0.1) is 5.41 Å². The van der Waals surface area contributed by atoms with Crippen molar-refractivity contribution in [3.63, 3.8) is 0 Å². The van der Waals surface area contributed by atoms with E-state index in [1.54, 1.807) is 0 Å². The minimum Gasteiger partial charge on any atom is -0.399 e. The number of unbranched alkanes of at least 4 members (excludes halogenated alkanes) is 6. The quantitative estimate of drug-likeness (QED) is 0.243. The number of rotatable bonds is 8. The molecular weight excluding hydrogens is 498 g/mol. The molecule has 0 saturated carbocycles. The molecule has 0 radical (unpaired) electrons. The van der Waals surface area contributed by atoms with Crippen molar-refractivity contribution in [3.05, 3.63) is 107 Å². The van der Waals surface area contributed by atoms with Gasteiger partial charge in [0, 0.05) is 16.9 Å². The maximum Gasteiger partial charge on any atom is 0.0618 e. The molecule has 1 aliphatic carbocycles. The fourth-order valence-electron chi connectivity index (χ4n) is 4.35. The molecule has 41 heavy (non-hydrogen) atoms. The minimum absolute atomic E-state index is 0.526. The summed E-state index contributed by atoms with van der Waals surface area (Å²) in [5, 5.41) is 8.22.